The van der Waals surface area contributed by atoms with Crippen LogP contribution in [0.2, 0.25) is 0 Å². The maximum absolute atomic E-state index is 12.7. The summed E-state index contributed by atoms with van der Waals surface area (Å²) in [6.45, 7) is 3.95. The maximum atomic E-state index is 12.7. The molecule has 1 unspecified atom stereocenters. The monoisotopic (exact) mass is 244 g/mol. The van der Waals surface area contributed by atoms with Gasteiger partial charge in [-0.2, -0.15) is 0 Å². The Morgan fingerprint density at radius 2 is 1.81 bits per heavy atom. The number of rotatable bonds is 5. The molecule has 0 aliphatic carbocycles. The molecular formula is C12H17FO2S. The highest BCUT2D eigenvalue weighted by Crippen LogP contribution is 2.17. The zero-order chi connectivity index (χ0) is 12.2. The van der Waals surface area contributed by atoms with Crippen LogP contribution in [0.5, 0.6) is 0 Å². The summed E-state index contributed by atoms with van der Waals surface area (Å²) >= 11 is 0. The Morgan fingerprint density at radius 3 is 2.31 bits per heavy atom. The van der Waals surface area contributed by atoms with Crippen LogP contribution in [0, 0.1) is 11.7 Å². The van der Waals surface area contributed by atoms with Crippen molar-refractivity contribution in [2.24, 2.45) is 5.92 Å². The number of hydrogen-bond acceptors (Lipinski definition) is 2. The van der Waals surface area contributed by atoms with Gasteiger partial charge in [0.05, 0.1) is 10.6 Å². The van der Waals surface area contributed by atoms with Gasteiger partial charge in [-0.1, -0.05) is 20.3 Å². The van der Waals surface area contributed by atoms with Gasteiger partial charge in [-0.25, -0.2) is 12.8 Å². The van der Waals surface area contributed by atoms with Gasteiger partial charge in [0.15, 0.2) is 9.84 Å². The predicted molar refractivity (Wildman–Crippen MR) is 62.5 cm³/mol. The number of benzene rings is 1. The highest BCUT2D eigenvalue weighted by Gasteiger charge is 2.17. The minimum absolute atomic E-state index is 0.131. The van der Waals surface area contributed by atoms with E-state index in [0.717, 1.165) is 12.8 Å². The molecule has 0 aromatic heterocycles. The van der Waals surface area contributed by atoms with Crippen molar-refractivity contribution in [3.05, 3.63) is 30.1 Å². The molecule has 1 atom stereocenters. The van der Waals surface area contributed by atoms with E-state index in [1.807, 2.05) is 13.8 Å². The van der Waals surface area contributed by atoms with Gasteiger partial charge >= 0.3 is 0 Å². The molecule has 0 aliphatic heterocycles. The third-order valence-corrected chi connectivity index (χ3v) is 4.46. The molecule has 1 aromatic carbocycles. The van der Waals surface area contributed by atoms with Crippen LogP contribution in [0.3, 0.4) is 0 Å². The van der Waals surface area contributed by atoms with E-state index < -0.39 is 15.7 Å². The summed E-state index contributed by atoms with van der Waals surface area (Å²) in [6, 6.07) is 5.00. The molecule has 0 bridgehead atoms. The van der Waals surface area contributed by atoms with Crippen LogP contribution in [0.25, 0.3) is 0 Å². The second kappa shape index (κ2) is 5.43. The van der Waals surface area contributed by atoms with Crippen LogP contribution in [-0.4, -0.2) is 14.2 Å². The second-order valence-electron chi connectivity index (χ2n) is 4.13. The molecule has 16 heavy (non-hydrogen) atoms. The van der Waals surface area contributed by atoms with Crippen molar-refractivity contribution < 1.29 is 12.8 Å². The van der Waals surface area contributed by atoms with Crippen molar-refractivity contribution in [3.8, 4) is 0 Å². The molecule has 0 fully saturated rings. The molecule has 0 amide bonds. The lowest BCUT2D eigenvalue weighted by Gasteiger charge is -2.10. The summed E-state index contributed by atoms with van der Waals surface area (Å²) in [5.74, 6) is -0.146. The van der Waals surface area contributed by atoms with Gasteiger partial charge in [0.2, 0.25) is 0 Å². The van der Waals surface area contributed by atoms with E-state index in [0.29, 0.717) is 0 Å². The van der Waals surface area contributed by atoms with E-state index in [1.165, 1.54) is 24.3 Å². The largest absolute Gasteiger partial charge is 0.224 e. The number of halogens is 1. The first-order valence-electron chi connectivity index (χ1n) is 5.44. The van der Waals surface area contributed by atoms with Gasteiger partial charge in [0.25, 0.3) is 0 Å². The molecule has 1 rings (SSSR count). The average Bonchev–Trinajstić information content (AvgIpc) is 2.17. The van der Waals surface area contributed by atoms with E-state index in [9.17, 15) is 12.8 Å². The van der Waals surface area contributed by atoms with Crippen LogP contribution >= 0.6 is 0 Å². The zero-order valence-corrected chi connectivity index (χ0v) is 10.4. The molecule has 0 heterocycles. The lowest BCUT2D eigenvalue weighted by molar-refractivity contribution is 0.545. The van der Waals surface area contributed by atoms with Gasteiger partial charge in [-0.05, 0) is 36.6 Å². The SMILES string of the molecule is CCCC(C)CS(=O)(=O)c1ccc(F)cc1. The Hall–Kier alpha value is -0.900. The van der Waals surface area contributed by atoms with Crippen LogP contribution in [-0.2, 0) is 9.84 Å². The topological polar surface area (TPSA) is 34.1 Å². The highest BCUT2D eigenvalue weighted by molar-refractivity contribution is 7.91. The minimum atomic E-state index is -3.27. The third-order valence-electron chi connectivity index (χ3n) is 2.46. The maximum Gasteiger partial charge on any atom is 0.178 e. The van der Waals surface area contributed by atoms with Crippen LogP contribution in [0.1, 0.15) is 26.7 Å². The second-order valence-corrected chi connectivity index (χ2v) is 6.16. The molecule has 0 aliphatic rings. The van der Waals surface area contributed by atoms with E-state index in [2.05, 4.69) is 0 Å². The van der Waals surface area contributed by atoms with Gasteiger partial charge in [0, 0.05) is 0 Å². The highest BCUT2D eigenvalue weighted by atomic mass is 32.2. The van der Waals surface area contributed by atoms with E-state index in [4.69, 9.17) is 0 Å². The molecule has 0 saturated heterocycles. The third kappa shape index (κ3) is 3.59. The van der Waals surface area contributed by atoms with E-state index in [1.54, 1.807) is 0 Å². The first-order valence-corrected chi connectivity index (χ1v) is 7.09. The Balaban J connectivity index is 2.82. The minimum Gasteiger partial charge on any atom is -0.224 e. The Morgan fingerprint density at radius 1 is 1.25 bits per heavy atom. The quantitative estimate of drug-likeness (QED) is 0.746. The van der Waals surface area contributed by atoms with Crippen LogP contribution < -0.4 is 0 Å². The summed E-state index contributed by atoms with van der Waals surface area (Å²) in [7, 11) is -3.27. The summed E-state index contributed by atoms with van der Waals surface area (Å²) in [5.41, 5.74) is 0. The van der Waals surface area contributed by atoms with Crippen LogP contribution in [0.4, 0.5) is 4.39 Å². The fraction of sp³-hybridized carbons (Fsp3) is 0.500. The first-order chi connectivity index (χ1) is 7.45. The summed E-state index contributed by atoms with van der Waals surface area (Å²) in [5, 5.41) is 0. The van der Waals surface area contributed by atoms with E-state index in [-0.39, 0.29) is 16.6 Å². The Labute approximate surface area is 96.4 Å². The molecule has 0 N–H and O–H groups in total. The molecular weight excluding hydrogens is 227 g/mol. The number of sulfone groups is 1. The molecule has 0 saturated carbocycles. The summed E-state index contributed by atoms with van der Waals surface area (Å²) in [6.07, 6.45) is 1.86. The van der Waals surface area contributed by atoms with Gasteiger partial charge in [-0.15, -0.1) is 0 Å². The van der Waals surface area contributed by atoms with Crippen molar-refractivity contribution in [3.63, 3.8) is 0 Å². The van der Waals surface area contributed by atoms with Gasteiger partial charge < -0.3 is 0 Å². The Kier molecular flexibility index (Phi) is 4.47. The van der Waals surface area contributed by atoms with Crippen molar-refractivity contribution in [2.75, 3.05) is 5.75 Å². The standard InChI is InChI=1S/C12H17FO2S/c1-3-4-10(2)9-16(14,15)12-7-5-11(13)6-8-12/h5-8,10H,3-4,9H2,1-2H3. The molecule has 2 nitrogen and oxygen atoms in total. The molecule has 0 spiro atoms. The lowest BCUT2D eigenvalue weighted by Crippen LogP contribution is -2.14. The van der Waals surface area contributed by atoms with Gasteiger partial charge in [-0.3, -0.25) is 0 Å². The molecule has 0 radical (unpaired) electrons. The lowest BCUT2D eigenvalue weighted by atomic mass is 10.1. The normalized spacial score (nSPS) is 13.7. The number of hydrogen-bond donors (Lipinski definition) is 0. The van der Waals surface area contributed by atoms with E-state index >= 15 is 0 Å². The van der Waals surface area contributed by atoms with Crippen molar-refractivity contribution >= 4 is 9.84 Å². The molecule has 4 heteroatoms. The fourth-order valence-corrected chi connectivity index (χ4v) is 3.35. The van der Waals surface area contributed by atoms with Crippen LogP contribution in [0.15, 0.2) is 29.2 Å². The first kappa shape index (κ1) is 13.2. The summed E-state index contributed by atoms with van der Waals surface area (Å²) in [4.78, 5) is 0.205. The fourth-order valence-electron chi connectivity index (χ4n) is 1.69. The van der Waals surface area contributed by atoms with Crippen molar-refractivity contribution in [1.82, 2.24) is 0 Å². The van der Waals surface area contributed by atoms with Crippen molar-refractivity contribution in [1.29, 1.82) is 0 Å². The summed E-state index contributed by atoms with van der Waals surface area (Å²) < 4.78 is 36.5. The Bertz CT molecular complexity index is 423. The van der Waals surface area contributed by atoms with Crippen molar-refractivity contribution in [2.45, 2.75) is 31.6 Å². The average molecular weight is 244 g/mol. The smallest absolute Gasteiger partial charge is 0.178 e. The zero-order valence-electron chi connectivity index (χ0n) is 9.61. The van der Waals surface area contributed by atoms with Gasteiger partial charge in [0.1, 0.15) is 5.82 Å². The predicted octanol–water partition coefficient (Wildman–Crippen LogP) is 3.04. The molecule has 90 valence electrons. The molecule has 1 aromatic rings.